The normalized spacial score (nSPS) is 12.1. The summed E-state index contributed by atoms with van der Waals surface area (Å²) in [7, 11) is 0. The standard InChI is InChI=1S/C20H22N2O2/c1-14-7-9-17(10-8-14)24-15(2)20(23)21-12-11-16-13-22-19-6-4-3-5-18(16)19/h3-10,13,15,22H,11-12H2,1-2H3,(H,21,23)/t15-/m1/s1. The Hall–Kier alpha value is -2.75. The number of para-hydroxylation sites is 1. The molecule has 1 atom stereocenters. The molecular weight excluding hydrogens is 300 g/mol. The van der Waals surface area contributed by atoms with Crippen molar-refractivity contribution >= 4 is 16.8 Å². The number of H-pyrrole nitrogens is 1. The van der Waals surface area contributed by atoms with Gasteiger partial charge in [0.25, 0.3) is 5.91 Å². The predicted molar refractivity (Wildman–Crippen MR) is 96.3 cm³/mol. The van der Waals surface area contributed by atoms with E-state index in [2.05, 4.69) is 22.4 Å². The summed E-state index contributed by atoms with van der Waals surface area (Å²) in [6.45, 7) is 4.37. The number of rotatable bonds is 6. The minimum atomic E-state index is -0.518. The second-order valence-electron chi connectivity index (χ2n) is 5.97. The fourth-order valence-corrected chi connectivity index (χ4v) is 2.68. The average Bonchev–Trinajstić information content (AvgIpc) is 3.00. The van der Waals surface area contributed by atoms with Crippen molar-refractivity contribution in [1.29, 1.82) is 0 Å². The summed E-state index contributed by atoms with van der Waals surface area (Å²) in [6, 6.07) is 15.9. The van der Waals surface area contributed by atoms with Crippen molar-refractivity contribution in [2.24, 2.45) is 0 Å². The van der Waals surface area contributed by atoms with Gasteiger partial charge in [-0.05, 0) is 44.0 Å². The molecule has 2 aromatic carbocycles. The predicted octanol–water partition coefficient (Wildman–Crippen LogP) is 3.60. The molecule has 0 aliphatic carbocycles. The Kier molecular flexibility index (Phi) is 4.85. The molecule has 0 saturated carbocycles. The topological polar surface area (TPSA) is 54.1 Å². The third-order valence-corrected chi connectivity index (χ3v) is 4.07. The number of aromatic amines is 1. The van der Waals surface area contributed by atoms with Gasteiger partial charge in [-0.1, -0.05) is 35.9 Å². The minimum absolute atomic E-state index is 0.101. The number of carbonyl (C=O) groups is 1. The Morgan fingerprint density at radius 3 is 2.71 bits per heavy atom. The van der Waals surface area contributed by atoms with E-state index >= 15 is 0 Å². The molecule has 2 N–H and O–H groups in total. The molecule has 1 heterocycles. The van der Waals surface area contributed by atoms with Crippen molar-refractivity contribution in [3.8, 4) is 5.75 Å². The van der Waals surface area contributed by atoms with Crippen LogP contribution in [0.2, 0.25) is 0 Å². The molecule has 1 aromatic heterocycles. The number of aromatic nitrogens is 1. The first-order valence-electron chi connectivity index (χ1n) is 8.19. The fourth-order valence-electron chi connectivity index (χ4n) is 2.68. The molecule has 3 rings (SSSR count). The summed E-state index contributed by atoms with van der Waals surface area (Å²) >= 11 is 0. The van der Waals surface area contributed by atoms with E-state index in [4.69, 9.17) is 4.74 Å². The molecular formula is C20H22N2O2. The van der Waals surface area contributed by atoms with E-state index in [9.17, 15) is 4.79 Å². The Labute approximate surface area is 141 Å². The van der Waals surface area contributed by atoms with E-state index in [1.807, 2.05) is 49.5 Å². The molecule has 1 amide bonds. The lowest BCUT2D eigenvalue weighted by Gasteiger charge is -2.14. The molecule has 0 aliphatic rings. The van der Waals surface area contributed by atoms with E-state index in [1.54, 1.807) is 6.92 Å². The van der Waals surface area contributed by atoms with Crippen molar-refractivity contribution in [2.75, 3.05) is 6.54 Å². The summed E-state index contributed by atoms with van der Waals surface area (Å²) < 4.78 is 5.67. The van der Waals surface area contributed by atoms with Crippen LogP contribution in [0, 0.1) is 6.92 Å². The molecule has 0 saturated heterocycles. The highest BCUT2D eigenvalue weighted by atomic mass is 16.5. The van der Waals surface area contributed by atoms with Crippen molar-refractivity contribution in [2.45, 2.75) is 26.4 Å². The van der Waals surface area contributed by atoms with Gasteiger partial charge in [0.1, 0.15) is 5.75 Å². The smallest absolute Gasteiger partial charge is 0.260 e. The second-order valence-corrected chi connectivity index (χ2v) is 5.97. The Morgan fingerprint density at radius 1 is 1.17 bits per heavy atom. The third-order valence-electron chi connectivity index (χ3n) is 4.07. The van der Waals surface area contributed by atoms with Gasteiger partial charge in [-0.3, -0.25) is 4.79 Å². The van der Waals surface area contributed by atoms with Crippen LogP contribution in [0.15, 0.2) is 54.7 Å². The van der Waals surface area contributed by atoms with Crippen molar-refractivity contribution < 1.29 is 9.53 Å². The highest BCUT2D eigenvalue weighted by Crippen LogP contribution is 2.17. The first-order valence-corrected chi connectivity index (χ1v) is 8.19. The number of carbonyl (C=O) groups excluding carboxylic acids is 1. The summed E-state index contributed by atoms with van der Waals surface area (Å²) in [5, 5.41) is 4.14. The molecule has 24 heavy (non-hydrogen) atoms. The van der Waals surface area contributed by atoms with E-state index < -0.39 is 6.10 Å². The zero-order valence-electron chi connectivity index (χ0n) is 14.0. The highest BCUT2D eigenvalue weighted by molar-refractivity contribution is 5.83. The number of fused-ring (bicyclic) bond motifs is 1. The van der Waals surface area contributed by atoms with Crippen LogP contribution in [0.3, 0.4) is 0 Å². The Balaban J connectivity index is 1.50. The maximum atomic E-state index is 12.2. The zero-order chi connectivity index (χ0) is 16.9. The monoisotopic (exact) mass is 322 g/mol. The number of benzene rings is 2. The van der Waals surface area contributed by atoms with Gasteiger partial charge in [0.2, 0.25) is 0 Å². The molecule has 3 aromatic rings. The van der Waals surface area contributed by atoms with E-state index in [0.717, 1.165) is 17.5 Å². The van der Waals surface area contributed by atoms with Gasteiger partial charge >= 0.3 is 0 Å². The van der Waals surface area contributed by atoms with Crippen LogP contribution in [-0.4, -0.2) is 23.5 Å². The zero-order valence-corrected chi connectivity index (χ0v) is 14.0. The van der Waals surface area contributed by atoms with Gasteiger partial charge in [-0.15, -0.1) is 0 Å². The molecule has 124 valence electrons. The van der Waals surface area contributed by atoms with Gasteiger partial charge < -0.3 is 15.0 Å². The van der Waals surface area contributed by atoms with Gasteiger partial charge in [0, 0.05) is 23.6 Å². The quantitative estimate of drug-likeness (QED) is 0.728. The lowest BCUT2D eigenvalue weighted by Crippen LogP contribution is -2.37. The first-order chi connectivity index (χ1) is 11.6. The van der Waals surface area contributed by atoms with Crippen molar-refractivity contribution in [3.05, 3.63) is 65.9 Å². The molecule has 0 aliphatic heterocycles. The van der Waals surface area contributed by atoms with Gasteiger partial charge in [-0.2, -0.15) is 0 Å². The Morgan fingerprint density at radius 2 is 1.92 bits per heavy atom. The fraction of sp³-hybridized carbons (Fsp3) is 0.250. The number of hydrogen-bond acceptors (Lipinski definition) is 2. The average molecular weight is 322 g/mol. The number of ether oxygens (including phenoxy) is 1. The molecule has 0 fully saturated rings. The van der Waals surface area contributed by atoms with Crippen molar-refractivity contribution in [1.82, 2.24) is 10.3 Å². The first kappa shape index (κ1) is 16.1. The summed E-state index contributed by atoms with van der Waals surface area (Å²) in [6.07, 6.45) is 2.27. The molecule has 0 radical (unpaired) electrons. The minimum Gasteiger partial charge on any atom is -0.481 e. The van der Waals surface area contributed by atoms with E-state index in [-0.39, 0.29) is 5.91 Å². The number of aryl methyl sites for hydroxylation is 1. The second kappa shape index (κ2) is 7.21. The van der Waals surface area contributed by atoms with Gasteiger partial charge in [0.05, 0.1) is 0 Å². The van der Waals surface area contributed by atoms with Crippen molar-refractivity contribution in [3.63, 3.8) is 0 Å². The molecule has 4 nitrogen and oxygen atoms in total. The highest BCUT2D eigenvalue weighted by Gasteiger charge is 2.14. The van der Waals surface area contributed by atoms with Crippen LogP contribution in [0.5, 0.6) is 5.75 Å². The lowest BCUT2D eigenvalue weighted by molar-refractivity contribution is -0.127. The van der Waals surface area contributed by atoms with Crippen LogP contribution < -0.4 is 10.1 Å². The largest absolute Gasteiger partial charge is 0.481 e. The van der Waals surface area contributed by atoms with Gasteiger partial charge in [-0.25, -0.2) is 0 Å². The molecule has 4 heteroatoms. The van der Waals surface area contributed by atoms with Crippen LogP contribution in [0.25, 0.3) is 10.9 Å². The third kappa shape index (κ3) is 3.77. The summed E-state index contributed by atoms with van der Waals surface area (Å²) in [4.78, 5) is 15.4. The number of nitrogens with one attached hydrogen (secondary N) is 2. The maximum Gasteiger partial charge on any atom is 0.260 e. The summed E-state index contributed by atoms with van der Waals surface area (Å²) in [5.74, 6) is 0.607. The summed E-state index contributed by atoms with van der Waals surface area (Å²) in [5.41, 5.74) is 3.49. The molecule has 0 bridgehead atoms. The van der Waals surface area contributed by atoms with Crippen LogP contribution in [0.1, 0.15) is 18.1 Å². The van der Waals surface area contributed by atoms with E-state index in [1.165, 1.54) is 10.9 Å². The number of amides is 1. The Bertz CT molecular complexity index is 821. The van der Waals surface area contributed by atoms with Crippen LogP contribution in [-0.2, 0) is 11.2 Å². The SMILES string of the molecule is Cc1ccc(O[C@H](C)C(=O)NCCc2c[nH]c3ccccc23)cc1. The van der Waals surface area contributed by atoms with E-state index in [0.29, 0.717) is 12.3 Å². The van der Waals surface area contributed by atoms with Crippen LogP contribution in [0.4, 0.5) is 0 Å². The lowest BCUT2D eigenvalue weighted by atomic mass is 10.1. The van der Waals surface area contributed by atoms with Crippen LogP contribution >= 0.6 is 0 Å². The maximum absolute atomic E-state index is 12.2. The molecule has 0 spiro atoms. The molecule has 0 unspecified atom stereocenters. The van der Waals surface area contributed by atoms with Gasteiger partial charge in [0.15, 0.2) is 6.10 Å². The number of hydrogen-bond donors (Lipinski definition) is 2.